The van der Waals surface area contributed by atoms with Crippen LogP contribution >= 0.6 is 0 Å². The highest BCUT2D eigenvalue weighted by Crippen LogP contribution is 2.28. The zero-order chi connectivity index (χ0) is 18.6. The molecule has 1 aliphatic carbocycles. The highest BCUT2D eigenvalue weighted by molar-refractivity contribution is 5.93. The van der Waals surface area contributed by atoms with Crippen molar-refractivity contribution in [1.29, 1.82) is 0 Å². The SMILES string of the molecule is CCNC(=NCc1ccc(C(=O)NC)cc1)NCCCCC1CCCC1. The fraction of sp³-hybridized carbons (Fsp3) is 0.619. The summed E-state index contributed by atoms with van der Waals surface area (Å²) in [5, 5.41) is 9.36. The Balaban J connectivity index is 1.73. The van der Waals surface area contributed by atoms with Crippen molar-refractivity contribution in [2.45, 2.75) is 58.4 Å². The standard InChI is InChI=1S/C21H34N4O/c1-3-23-21(24-15-7-6-10-17-8-4-5-9-17)25-16-18-11-13-19(14-12-18)20(26)22-2/h11-14,17H,3-10,15-16H2,1-2H3,(H,22,26)(H2,23,24,25). The Labute approximate surface area is 158 Å². The second-order valence-corrected chi connectivity index (χ2v) is 7.04. The number of hydrogen-bond acceptors (Lipinski definition) is 2. The number of benzene rings is 1. The van der Waals surface area contributed by atoms with Crippen molar-refractivity contribution in [3.8, 4) is 0 Å². The van der Waals surface area contributed by atoms with Gasteiger partial charge in [0.15, 0.2) is 5.96 Å². The number of nitrogens with one attached hydrogen (secondary N) is 3. The van der Waals surface area contributed by atoms with E-state index in [9.17, 15) is 4.79 Å². The van der Waals surface area contributed by atoms with Gasteiger partial charge in [0.2, 0.25) is 0 Å². The largest absolute Gasteiger partial charge is 0.357 e. The molecule has 3 N–H and O–H groups in total. The van der Waals surface area contributed by atoms with Gasteiger partial charge in [0.1, 0.15) is 0 Å². The van der Waals surface area contributed by atoms with Crippen molar-refractivity contribution < 1.29 is 4.79 Å². The van der Waals surface area contributed by atoms with Crippen molar-refractivity contribution in [1.82, 2.24) is 16.0 Å². The molecule has 5 nitrogen and oxygen atoms in total. The van der Waals surface area contributed by atoms with Gasteiger partial charge < -0.3 is 16.0 Å². The number of unbranched alkanes of at least 4 members (excludes halogenated alkanes) is 1. The first-order chi connectivity index (χ1) is 12.7. The van der Waals surface area contributed by atoms with Crippen molar-refractivity contribution in [2.75, 3.05) is 20.1 Å². The van der Waals surface area contributed by atoms with E-state index in [1.54, 1.807) is 7.05 Å². The minimum absolute atomic E-state index is 0.0624. The predicted octanol–water partition coefficient (Wildman–Crippen LogP) is 3.46. The Kier molecular flexibility index (Phi) is 9.01. The second kappa shape index (κ2) is 11.6. The van der Waals surface area contributed by atoms with Crippen LogP contribution in [0.25, 0.3) is 0 Å². The lowest BCUT2D eigenvalue weighted by Crippen LogP contribution is -2.37. The summed E-state index contributed by atoms with van der Waals surface area (Å²) in [4.78, 5) is 16.2. The zero-order valence-electron chi connectivity index (χ0n) is 16.3. The number of aliphatic imine (C=N–C) groups is 1. The third kappa shape index (κ3) is 7.06. The lowest BCUT2D eigenvalue weighted by molar-refractivity contribution is 0.0963. The summed E-state index contributed by atoms with van der Waals surface area (Å²) in [5.74, 6) is 1.78. The normalized spacial score (nSPS) is 15.1. The molecule has 1 aromatic carbocycles. The molecular formula is C21H34N4O. The molecule has 0 unspecified atom stereocenters. The molecule has 5 heteroatoms. The van der Waals surface area contributed by atoms with Crippen LogP contribution in [0.15, 0.2) is 29.3 Å². The predicted molar refractivity (Wildman–Crippen MR) is 108 cm³/mol. The van der Waals surface area contributed by atoms with E-state index in [1.165, 1.54) is 44.9 Å². The lowest BCUT2D eigenvalue weighted by Gasteiger charge is -2.12. The molecule has 1 aliphatic rings. The van der Waals surface area contributed by atoms with E-state index in [-0.39, 0.29) is 5.91 Å². The van der Waals surface area contributed by atoms with Gasteiger partial charge in [-0.05, 0) is 37.0 Å². The van der Waals surface area contributed by atoms with Gasteiger partial charge in [0.05, 0.1) is 6.54 Å². The van der Waals surface area contributed by atoms with Crippen LogP contribution in [0.2, 0.25) is 0 Å². The first-order valence-electron chi connectivity index (χ1n) is 10.1. The molecule has 144 valence electrons. The van der Waals surface area contributed by atoms with Gasteiger partial charge >= 0.3 is 0 Å². The lowest BCUT2D eigenvalue weighted by atomic mass is 10.0. The van der Waals surface area contributed by atoms with Crippen LogP contribution in [0.4, 0.5) is 0 Å². The van der Waals surface area contributed by atoms with Crippen LogP contribution < -0.4 is 16.0 Å². The first-order valence-corrected chi connectivity index (χ1v) is 10.1. The number of amides is 1. The summed E-state index contributed by atoms with van der Waals surface area (Å²) in [6.45, 7) is 4.50. The third-order valence-electron chi connectivity index (χ3n) is 5.01. The third-order valence-corrected chi connectivity index (χ3v) is 5.01. The quantitative estimate of drug-likeness (QED) is 0.360. The van der Waals surface area contributed by atoms with Gasteiger partial charge in [-0.2, -0.15) is 0 Å². The summed E-state index contributed by atoms with van der Waals surface area (Å²) < 4.78 is 0. The molecule has 0 saturated heterocycles. The van der Waals surface area contributed by atoms with Crippen LogP contribution in [0.5, 0.6) is 0 Å². The molecule has 2 rings (SSSR count). The van der Waals surface area contributed by atoms with E-state index < -0.39 is 0 Å². The fourth-order valence-electron chi connectivity index (χ4n) is 3.48. The molecule has 1 aromatic rings. The van der Waals surface area contributed by atoms with Gasteiger partial charge in [0.25, 0.3) is 5.91 Å². The first kappa shape index (κ1) is 20.3. The molecule has 0 spiro atoms. The van der Waals surface area contributed by atoms with Crippen LogP contribution in [-0.4, -0.2) is 32.0 Å². The molecule has 0 aliphatic heterocycles. The number of nitrogens with zero attached hydrogens (tertiary/aromatic N) is 1. The maximum Gasteiger partial charge on any atom is 0.251 e. The molecule has 0 heterocycles. The van der Waals surface area contributed by atoms with Crippen LogP contribution in [0, 0.1) is 5.92 Å². The fourth-order valence-corrected chi connectivity index (χ4v) is 3.48. The maximum atomic E-state index is 11.6. The molecular weight excluding hydrogens is 324 g/mol. The molecule has 0 atom stereocenters. The van der Waals surface area contributed by atoms with Crippen LogP contribution in [0.1, 0.15) is 67.8 Å². The highest BCUT2D eigenvalue weighted by atomic mass is 16.1. The average Bonchev–Trinajstić information content (AvgIpc) is 3.19. The highest BCUT2D eigenvalue weighted by Gasteiger charge is 2.13. The van der Waals surface area contributed by atoms with Crippen molar-refractivity contribution in [3.63, 3.8) is 0 Å². The Bertz CT molecular complexity index is 562. The van der Waals surface area contributed by atoms with Gasteiger partial charge in [-0.3, -0.25) is 4.79 Å². The smallest absolute Gasteiger partial charge is 0.251 e. The van der Waals surface area contributed by atoms with E-state index in [0.717, 1.165) is 30.5 Å². The van der Waals surface area contributed by atoms with E-state index in [0.29, 0.717) is 12.1 Å². The summed E-state index contributed by atoms with van der Waals surface area (Å²) in [6.07, 6.45) is 9.63. The molecule has 1 fully saturated rings. The number of guanidine groups is 1. The van der Waals surface area contributed by atoms with Crippen molar-refractivity contribution in [3.05, 3.63) is 35.4 Å². The van der Waals surface area contributed by atoms with Gasteiger partial charge in [-0.1, -0.05) is 50.7 Å². The van der Waals surface area contributed by atoms with E-state index in [4.69, 9.17) is 0 Å². The van der Waals surface area contributed by atoms with Crippen molar-refractivity contribution >= 4 is 11.9 Å². The van der Waals surface area contributed by atoms with Crippen molar-refractivity contribution in [2.24, 2.45) is 10.9 Å². The number of hydrogen-bond donors (Lipinski definition) is 3. The second-order valence-electron chi connectivity index (χ2n) is 7.04. The van der Waals surface area contributed by atoms with Crippen LogP contribution in [-0.2, 0) is 6.54 Å². The average molecular weight is 359 g/mol. The number of rotatable bonds is 9. The summed E-state index contributed by atoms with van der Waals surface area (Å²) in [7, 11) is 1.64. The topological polar surface area (TPSA) is 65.5 Å². The molecule has 0 radical (unpaired) electrons. The van der Waals surface area contributed by atoms with E-state index in [2.05, 4.69) is 27.9 Å². The van der Waals surface area contributed by atoms with Gasteiger partial charge in [-0.15, -0.1) is 0 Å². The van der Waals surface area contributed by atoms with E-state index in [1.807, 2.05) is 24.3 Å². The minimum atomic E-state index is -0.0624. The van der Waals surface area contributed by atoms with E-state index >= 15 is 0 Å². The molecule has 0 bridgehead atoms. The summed E-state index contributed by atoms with van der Waals surface area (Å²) in [6, 6.07) is 7.60. The van der Waals surface area contributed by atoms with Gasteiger partial charge in [-0.25, -0.2) is 4.99 Å². The summed E-state index contributed by atoms with van der Waals surface area (Å²) in [5.41, 5.74) is 1.77. The monoisotopic (exact) mass is 358 g/mol. The zero-order valence-corrected chi connectivity index (χ0v) is 16.3. The molecule has 26 heavy (non-hydrogen) atoms. The summed E-state index contributed by atoms with van der Waals surface area (Å²) >= 11 is 0. The van der Waals surface area contributed by atoms with Crippen LogP contribution in [0.3, 0.4) is 0 Å². The molecule has 1 saturated carbocycles. The Morgan fingerprint density at radius 1 is 1.12 bits per heavy atom. The molecule has 0 aromatic heterocycles. The number of carbonyl (C=O) groups excluding carboxylic acids is 1. The molecule has 1 amide bonds. The number of carbonyl (C=O) groups is 1. The maximum absolute atomic E-state index is 11.6. The minimum Gasteiger partial charge on any atom is -0.357 e. The Hall–Kier alpha value is -2.04. The van der Waals surface area contributed by atoms with Gasteiger partial charge in [0, 0.05) is 25.7 Å². The Morgan fingerprint density at radius 3 is 2.50 bits per heavy atom. The Morgan fingerprint density at radius 2 is 1.85 bits per heavy atom.